The minimum Gasteiger partial charge on any atom is -0.325 e. The lowest BCUT2D eigenvalue weighted by Gasteiger charge is -2.10. The van der Waals surface area contributed by atoms with Gasteiger partial charge in [-0.25, -0.2) is 4.39 Å². The van der Waals surface area contributed by atoms with E-state index in [1.54, 1.807) is 18.2 Å². The van der Waals surface area contributed by atoms with Crippen LogP contribution < -0.4 is 5.32 Å². The molecule has 1 saturated carbocycles. The maximum Gasteiger partial charge on any atom is 0.234 e. The molecule has 0 aliphatic heterocycles. The summed E-state index contributed by atoms with van der Waals surface area (Å²) in [4.78, 5) is 12.4. The standard InChI is InChI=1S/C22H23FN4OS/c1-14(2)15-7-9-16(10-8-15)24-20(28)13-29-22-26-25-21(27(22)17-11-12-17)18-5-3-4-6-19(18)23/h3-10,14,17H,11-13H2,1-2H3,(H,24,28). The molecule has 0 bridgehead atoms. The smallest absolute Gasteiger partial charge is 0.234 e. The molecule has 1 fully saturated rings. The van der Waals surface area contributed by atoms with Crippen molar-refractivity contribution in [2.75, 3.05) is 11.1 Å². The second kappa shape index (κ2) is 8.37. The molecule has 1 aliphatic rings. The molecule has 5 nitrogen and oxygen atoms in total. The van der Waals surface area contributed by atoms with Crippen LogP contribution in [0.15, 0.2) is 53.7 Å². The Labute approximate surface area is 173 Å². The third kappa shape index (κ3) is 4.50. The summed E-state index contributed by atoms with van der Waals surface area (Å²) in [5.41, 5.74) is 2.44. The number of nitrogens with one attached hydrogen (secondary N) is 1. The number of amides is 1. The van der Waals surface area contributed by atoms with Crippen molar-refractivity contribution in [1.82, 2.24) is 14.8 Å². The van der Waals surface area contributed by atoms with Crippen LogP contribution in [0.1, 0.15) is 44.2 Å². The third-order valence-corrected chi connectivity index (χ3v) is 5.83. The van der Waals surface area contributed by atoms with E-state index in [2.05, 4.69) is 29.4 Å². The van der Waals surface area contributed by atoms with E-state index in [4.69, 9.17) is 0 Å². The number of thioether (sulfide) groups is 1. The minimum atomic E-state index is -0.319. The highest BCUT2D eigenvalue weighted by molar-refractivity contribution is 7.99. The average Bonchev–Trinajstić information content (AvgIpc) is 3.46. The Morgan fingerprint density at radius 1 is 1.17 bits per heavy atom. The highest BCUT2D eigenvalue weighted by Crippen LogP contribution is 2.41. The summed E-state index contributed by atoms with van der Waals surface area (Å²) < 4.78 is 16.2. The van der Waals surface area contributed by atoms with Gasteiger partial charge in [-0.3, -0.25) is 9.36 Å². The normalized spacial score (nSPS) is 13.7. The lowest BCUT2D eigenvalue weighted by Crippen LogP contribution is -2.14. The van der Waals surface area contributed by atoms with Crippen LogP contribution in [0.2, 0.25) is 0 Å². The molecule has 4 rings (SSSR count). The second-order valence-electron chi connectivity index (χ2n) is 7.50. The topological polar surface area (TPSA) is 59.8 Å². The second-order valence-corrected chi connectivity index (χ2v) is 8.44. The third-order valence-electron chi connectivity index (χ3n) is 4.88. The molecule has 1 aliphatic carbocycles. The highest BCUT2D eigenvalue weighted by atomic mass is 32.2. The summed E-state index contributed by atoms with van der Waals surface area (Å²) in [6, 6.07) is 14.7. The largest absolute Gasteiger partial charge is 0.325 e. The van der Waals surface area contributed by atoms with Gasteiger partial charge in [-0.1, -0.05) is 49.9 Å². The Bertz CT molecular complexity index is 1010. The van der Waals surface area contributed by atoms with Crippen molar-refractivity contribution >= 4 is 23.4 Å². The molecule has 1 N–H and O–H groups in total. The molecule has 0 spiro atoms. The quantitative estimate of drug-likeness (QED) is 0.539. The molecular weight excluding hydrogens is 387 g/mol. The van der Waals surface area contributed by atoms with Crippen LogP contribution in [0, 0.1) is 5.82 Å². The minimum absolute atomic E-state index is 0.106. The summed E-state index contributed by atoms with van der Waals surface area (Å²) in [6.07, 6.45) is 2.03. The number of hydrogen-bond acceptors (Lipinski definition) is 4. The van der Waals surface area contributed by atoms with E-state index >= 15 is 0 Å². The van der Waals surface area contributed by atoms with Gasteiger partial charge in [-0.05, 0) is 48.6 Å². The van der Waals surface area contributed by atoms with Crippen LogP contribution in [0.3, 0.4) is 0 Å². The average molecular weight is 411 g/mol. The van der Waals surface area contributed by atoms with E-state index in [0.29, 0.717) is 22.5 Å². The first-order valence-electron chi connectivity index (χ1n) is 9.75. The van der Waals surface area contributed by atoms with Crippen molar-refractivity contribution in [1.29, 1.82) is 0 Å². The molecule has 29 heavy (non-hydrogen) atoms. The maximum absolute atomic E-state index is 14.2. The summed E-state index contributed by atoms with van der Waals surface area (Å²) in [6.45, 7) is 4.27. The summed E-state index contributed by atoms with van der Waals surface area (Å²) in [5.74, 6) is 0.769. The van der Waals surface area contributed by atoms with Gasteiger partial charge < -0.3 is 5.32 Å². The number of carbonyl (C=O) groups is 1. The molecule has 1 amide bonds. The van der Waals surface area contributed by atoms with Crippen molar-refractivity contribution in [3.8, 4) is 11.4 Å². The van der Waals surface area contributed by atoms with Crippen LogP contribution >= 0.6 is 11.8 Å². The van der Waals surface area contributed by atoms with Gasteiger partial charge >= 0.3 is 0 Å². The Kier molecular flexibility index (Phi) is 5.67. The number of anilines is 1. The number of nitrogens with zero attached hydrogens (tertiary/aromatic N) is 3. The molecule has 0 radical (unpaired) electrons. The first-order chi connectivity index (χ1) is 14.0. The van der Waals surface area contributed by atoms with Crippen molar-refractivity contribution < 1.29 is 9.18 Å². The van der Waals surface area contributed by atoms with Gasteiger partial charge in [0.15, 0.2) is 11.0 Å². The molecular formula is C22H23FN4OS. The van der Waals surface area contributed by atoms with Crippen molar-refractivity contribution in [2.45, 2.75) is 43.8 Å². The summed E-state index contributed by atoms with van der Waals surface area (Å²) in [5, 5.41) is 12.0. The van der Waals surface area contributed by atoms with Gasteiger partial charge in [0.05, 0.1) is 11.3 Å². The highest BCUT2D eigenvalue weighted by Gasteiger charge is 2.31. The van der Waals surface area contributed by atoms with Gasteiger partial charge in [-0.15, -0.1) is 10.2 Å². The SMILES string of the molecule is CC(C)c1ccc(NC(=O)CSc2nnc(-c3ccccc3F)n2C2CC2)cc1. The van der Waals surface area contributed by atoms with Gasteiger partial charge in [0.1, 0.15) is 5.82 Å². The lowest BCUT2D eigenvalue weighted by atomic mass is 10.0. The van der Waals surface area contributed by atoms with Crippen molar-refractivity contribution in [3.63, 3.8) is 0 Å². The van der Waals surface area contributed by atoms with Crippen LogP contribution in [-0.2, 0) is 4.79 Å². The summed E-state index contributed by atoms with van der Waals surface area (Å²) in [7, 11) is 0. The fraction of sp³-hybridized carbons (Fsp3) is 0.318. The first-order valence-corrected chi connectivity index (χ1v) is 10.7. The number of carbonyl (C=O) groups excluding carboxylic acids is 1. The predicted octanol–water partition coefficient (Wildman–Crippen LogP) is 5.27. The predicted molar refractivity (Wildman–Crippen MR) is 114 cm³/mol. The Hall–Kier alpha value is -2.67. The van der Waals surface area contributed by atoms with E-state index in [0.717, 1.165) is 18.5 Å². The van der Waals surface area contributed by atoms with Crippen LogP contribution in [0.4, 0.5) is 10.1 Å². The van der Waals surface area contributed by atoms with E-state index in [9.17, 15) is 9.18 Å². The number of aromatic nitrogens is 3. The number of halogens is 1. The molecule has 150 valence electrons. The molecule has 1 heterocycles. The van der Waals surface area contributed by atoms with Crippen LogP contribution in [0.5, 0.6) is 0 Å². The first kappa shape index (κ1) is 19.6. The zero-order valence-corrected chi connectivity index (χ0v) is 17.2. The van der Waals surface area contributed by atoms with E-state index in [-0.39, 0.29) is 23.5 Å². The zero-order valence-electron chi connectivity index (χ0n) is 16.4. The molecule has 0 unspecified atom stereocenters. The van der Waals surface area contributed by atoms with Crippen molar-refractivity contribution in [3.05, 3.63) is 59.9 Å². The van der Waals surface area contributed by atoms with Gasteiger partial charge in [0.25, 0.3) is 0 Å². The Morgan fingerprint density at radius 2 is 1.90 bits per heavy atom. The fourth-order valence-corrected chi connectivity index (χ4v) is 3.95. The fourth-order valence-electron chi connectivity index (χ4n) is 3.14. The lowest BCUT2D eigenvalue weighted by molar-refractivity contribution is -0.113. The monoisotopic (exact) mass is 410 g/mol. The molecule has 7 heteroatoms. The van der Waals surface area contributed by atoms with Gasteiger partial charge in [0, 0.05) is 11.7 Å². The number of hydrogen-bond donors (Lipinski definition) is 1. The maximum atomic E-state index is 14.2. The molecule has 0 saturated heterocycles. The molecule has 0 atom stereocenters. The van der Waals surface area contributed by atoms with E-state index in [1.807, 2.05) is 28.8 Å². The molecule has 3 aromatic rings. The van der Waals surface area contributed by atoms with Crippen LogP contribution in [-0.4, -0.2) is 26.4 Å². The van der Waals surface area contributed by atoms with Crippen LogP contribution in [0.25, 0.3) is 11.4 Å². The van der Waals surface area contributed by atoms with Crippen molar-refractivity contribution in [2.24, 2.45) is 0 Å². The van der Waals surface area contributed by atoms with E-state index in [1.165, 1.54) is 23.4 Å². The molecule has 2 aromatic carbocycles. The number of benzene rings is 2. The zero-order chi connectivity index (χ0) is 20.4. The van der Waals surface area contributed by atoms with Gasteiger partial charge in [0.2, 0.25) is 5.91 Å². The Balaban J connectivity index is 1.45. The molecule has 1 aromatic heterocycles. The summed E-state index contributed by atoms with van der Waals surface area (Å²) >= 11 is 1.33. The van der Waals surface area contributed by atoms with E-state index < -0.39 is 0 Å². The number of rotatable bonds is 7. The van der Waals surface area contributed by atoms with Gasteiger partial charge in [-0.2, -0.15) is 0 Å². The Morgan fingerprint density at radius 3 is 2.55 bits per heavy atom.